The summed E-state index contributed by atoms with van der Waals surface area (Å²) in [5, 5.41) is 8.37. The molecule has 21 heavy (non-hydrogen) atoms. The summed E-state index contributed by atoms with van der Waals surface area (Å²) in [6.45, 7) is 4.08. The Morgan fingerprint density at radius 2 is 1.90 bits per heavy atom. The van der Waals surface area contributed by atoms with Crippen LogP contribution in [0.25, 0.3) is 22.6 Å². The van der Waals surface area contributed by atoms with E-state index >= 15 is 0 Å². The molecule has 0 spiro atoms. The second-order valence-corrected chi connectivity index (χ2v) is 5.18. The molecule has 0 radical (unpaired) electrons. The van der Waals surface area contributed by atoms with Crippen molar-refractivity contribution in [2.45, 2.75) is 19.9 Å². The van der Waals surface area contributed by atoms with Crippen molar-refractivity contribution in [3.05, 3.63) is 41.2 Å². The number of hydrogen-bond donors (Lipinski definition) is 1. The van der Waals surface area contributed by atoms with Crippen molar-refractivity contribution in [2.75, 3.05) is 0 Å². The maximum atomic E-state index is 11.9. The summed E-state index contributed by atoms with van der Waals surface area (Å²) < 4.78 is 3.50. The normalized spacial score (nSPS) is 11.2. The van der Waals surface area contributed by atoms with Gasteiger partial charge in [-0.3, -0.25) is 14.2 Å². The maximum Gasteiger partial charge on any atom is 0.251 e. The molecule has 3 heterocycles. The summed E-state index contributed by atoms with van der Waals surface area (Å²) in [5.74, 6) is 0.508. The van der Waals surface area contributed by atoms with Gasteiger partial charge in [-0.05, 0) is 13.8 Å². The minimum Gasteiger partial charge on any atom is -0.306 e. The van der Waals surface area contributed by atoms with Crippen molar-refractivity contribution in [1.82, 2.24) is 29.5 Å². The lowest BCUT2D eigenvalue weighted by Gasteiger charge is -2.03. The number of aromatic amines is 1. The Balaban J connectivity index is 2.07. The molecule has 0 unspecified atom stereocenters. The lowest BCUT2D eigenvalue weighted by atomic mass is 10.2. The number of aromatic nitrogens is 6. The first-order chi connectivity index (χ1) is 10.0. The molecular formula is C14H16N6O. The van der Waals surface area contributed by atoms with Crippen LogP contribution >= 0.6 is 0 Å². The first-order valence-corrected chi connectivity index (χ1v) is 6.68. The fourth-order valence-corrected chi connectivity index (χ4v) is 2.04. The zero-order valence-electron chi connectivity index (χ0n) is 12.1. The molecule has 0 aromatic carbocycles. The number of rotatable bonds is 3. The van der Waals surface area contributed by atoms with Crippen molar-refractivity contribution in [2.24, 2.45) is 7.05 Å². The van der Waals surface area contributed by atoms with Crippen LogP contribution in [0.15, 0.2) is 35.6 Å². The molecule has 0 aliphatic heterocycles. The van der Waals surface area contributed by atoms with Gasteiger partial charge in [0.05, 0.1) is 23.7 Å². The molecule has 0 saturated heterocycles. The molecule has 7 heteroatoms. The number of nitrogens with one attached hydrogen (secondary N) is 1. The maximum absolute atomic E-state index is 11.9. The Bertz CT molecular complexity index is 826. The molecule has 0 saturated carbocycles. The monoisotopic (exact) mass is 284 g/mol. The molecule has 3 aromatic rings. The van der Waals surface area contributed by atoms with Crippen molar-refractivity contribution < 1.29 is 0 Å². The largest absolute Gasteiger partial charge is 0.306 e. The van der Waals surface area contributed by atoms with E-state index in [1.165, 1.54) is 6.07 Å². The molecule has 0 bridgehead atoms. The van der Waals surface area contributed by atoms with E-state index < -0.39 is 0 Å². The Kier molecular flexibility index (Phi) is 3.17. The highest BCUT2D eigenvalue weighted by Gasteiger charge is 2.10. The number of hydrogen-bond acceptors (Lipinski definition) is 4. The second-order valence-electron chi connectivity index (χ2n) is 5.18. The zero-order chi connectivity index (χ0) is 15.0. The SMILES string of the molecule is CC(C)n1cc(-c2nc(-c3cnn(C)c3)cc(=O)[nH]2)cn1. The summed E-state index contributed by atoms with van der Waals surface area (Å²) >= 11 is 0. The van der Waals surface area contributed by atoms with Crippen LogP contribution in [0.5, 0.6) is 0 Å². The minimum absolute atomic E-state index is 0.198. The Hall–Kier alpha value is -2.70. The minimum atomic E-state index is -0.198. The molecule has 3 aromatic heterocycles. The molecule has 0 atom stereocenters. The van der Waals surface area contributed by atoms with E-state index in [1.54, 1.807) is 17.1 Å². The summed E-state index contributed by atoms with van der Waals surface area (Å²) in [5.41, 5.74) is 1.99. The van der Waals surface area contributed by atoms with Gasteiger partial charge in [-0.2, -0.15) is 10.2 Å². The summed E-state index contributed by atoms with van der Waals surface area (Å²) in [6.07, 6.45) is 7.08. The number of nitrogens with zero attached hydrogens (tertiary/aromatic N) is 5. The van der Waals surface area contributed by atoms with Gasteiger partial charge in [-0.25, -0.2) is 4.98 Å². The van der Waals surface area contributed by atoms with Gasteiger partial charge in [0.15, 0.2) is 0 Å². The molecule has 7 nitrogen and oxygen atoms in total. The van der Waals surface area contributed by atoms with E-state index in [9.17, 15) is 4.79 Å². The highest BCUT2D eigenvalue weighted by atomic mass is 16.1. The van der Waals surface area contributed by atoms with Gasteiger partial charge < -0.3 is 4.98 Å². The van der Waals surface area contributed by atoms with Crippen LogP contribution < -0.4 is 5.56 Å². The lowest BCUT2D eigenvalue weighted by molar-refractivity contribution is 0.532. The van der Waals surface area contributed by atoms with Gasteiger partial charge in [0, 0.05) is 37.1 Å². The van der Waals surface area contributed by atoms with Crippen LogP contribution in [0.2, 0.25) is 0 Å². The molecule has 0 aliphatic rings. The zero-order valence-corrected chi connectivity index (χ0v) is 12.1. The van der Waals surface area contributed by atoms with Gasteiger partial charge in [0.2, 0.25) is 0 Å². The first-order valence-electron chi connectivity index (χ1n) is 6.68. The van der Waals surface area contributed by atoms with Crippen molar-refractivity contribution in [3.63, 3.8) is 0 Å². The molecule has 0 fully saturated rings. The average Bonchev–Trinajstić information content (AvgIpc) is 3.06. The van der Waals surface area contributed by atoms with E-state index in [0.29, 0.717) is 11.5 Å². The van der Waals surface area contributed by atoms with Gasteiger partial charge in [-0.1, -0.05) is 0 Å². The third kappa shape index (κ3) is 2.62. The fourth-order valence-electron chi connectivity index (χ4n) is 2.04. The van der Waals surface area contributed by atoms with E-state index in [4.69, 9.17) is 0 Å². The van der Waals surface area contributed by atoms with Gasteiger partial charge in [0.25, 0.3) is 5.56 Å². The highest BCUT2D eigenvalue weighted by Crippen LogP contribution is 2.19. The summed E-state index contributed by atoms with van der Waals surface area (Å²) in [7, 11) is 1.82. The van der Waals surface area contributed by atoms with E-state index in [-0.39, 0.29) is 11.6 Å². The summed E-state index contributed by atoms with van der Waals surface area (Å²) in [6, 6.07) is 1.72. The standard InChI is InChI=1S/C14H16N6O/c1-9(2)20-8-11(6-16-20)14-17-12(4-13(21)18-14)10-5-15-19(3)7-10/h4-9H,1-3H3,(H,17,18,21). The predicted octanol–water partition coefficient (Wildman–Crippen LogP) is 1.61. The first kappa shape index (κ1) is 13.3. The molecule has 0 amide bonds. The fraction of sp³-hybridized carbons (Fsp3) is 0.286. The molecule has 1 N–H and O–H groups in total. The Morgan fingerprint density at radius 1 is 1.14 bits per heavy atom. The third-order valence-electron chi connectivity index (χ3n) is 3.15. The number of H-pyrrole nitrogens is 1. The smallest absolute Gasteiger partial charge is 0.251 e. The van der Waals surface area contributed by atoms with Crippen LogP contribution in [-0.4, -0.2) is 29.5 Å². The van der Waals surface area contributed by atoms with E-state index in [0.717, 1.165) is 11.1 Å². The molecule has 108 valence electrons. The van der Waals surface area contributed by atoms with E-state index in [2.05, 4.69) is 20.2 Å². The van der Waals surface area contributed by atoms with Gasteiger partial charge in [0.1, 0.15) is 5.82 Å². The third-order valence-corrected chi connectivity index (χ3v) is 3.15. The quantitative estimate of drug-likeness (QED) is 0.792. The van der Waals surface area contributed by atoms with Crippen LogP contribution in [0.3, 0.4) is 0 Å². The Labute approximate surface area is 121 Å². The van der Waals surface area contributed by atoms with Crippen LogP contribution in [0, 0.1) is 0 Å². The summed E-state index contributed by atoms with van der Waals surface area (Å²) in [4.78, 5) is 19.1. The highest BCUT2D eigenvalue weighted by molar-refractivity contribution is 5.61. The predicted molar refractivity (Wildman–Crippen MR) is 78.7 cm³/mol. The van der Waals surface area contributed by atoms with Crippen molar-refractivity contribution in [1.29, 1.82) is 0 Å². The molecule has 0 aliphatic carbocycles. The van der Waals surface area contributed by atoms with Crippen LogP contribution in [0.1, 0.15) is 19.9 Å². The molecular weight excluding hydrogens is 268 g/mol. The van der Waals surface area contributed by atoms with Crippen molar-refractivity contribution >= 4 is 0 Å². The Morgan fingerprint density at radius 3 is 2.52 bits per heavy atom. The van der Waals surface area contributed by atoms with E-state index in [1.807, 2.05) is 38.0 Å². The van der Waals surface area contributed by atoms with Gasteiger partial charge >= 0.3 is 0 Å². The van der Waals surface area contributed by atoms with Crippen LogP contribution in [-0.2, 0) is 7.05 Å². The van der Waals surface area contributed by atoms with Crippen molar-refractivity contribution in [3.8, 4) is 22.6 Å². The second kappa shape index (κ2) is 5.01. The lowest BCUT2D eigenvalue weighted by Crippen LogP contribution is -2.08. The van der Waals surface area contributed by atoms with Crippen LogP contribution in [0.4, 0.5) is 0 Å². The molecule has 3 rings (SSSR count). The average molecular weight is 284 g/mol. The topological polar surface area (TPSA) is 81.4 Å². The van der Waals surface area contributed by atoms with Gasteiger partial charge in [-0.15, -0.1) is 0 Å². The number of aryl methyl sites for hydroxylation is 1.